The van der Waals surface area contributed by atoms with Gasteiger partial charge in [-0.25, -0.2) is 0 Å². The zero-order chi connectivity index (χ0) is 17.5. The van der Waals surface area contributed by atoms with E-state index in [4.69, 9.17) is 21.1 Å². The lowest BCUT2D eigenvalue weighted by Gasteiger charge is -2.24. The van der Waals surface area contributed by atoms with Crippen LogP contribution in [0.1, 0.15) is 43.5 Å². The number of halogens is 1. The van der Waals surface area contributed by atoms with Crippen LogP contribution in [0.4, 0.5) is 0 Å². The fraction of sp³-hybridized carbons (Fsp3) is 0.611. The summed E-state index contributed by atoms with van der Waals surface area (Å²) in [5.74, 6) is 1.40. The van der Waals surface area contributed by atoms with E-state index in [1.807, 2.05) is 0 Å². The first-order chi connectivity index (χ1) is 11.5. The molecule has 0 aliphatic carbocycles. The van der Waals surface area contributed by atoms with E-state index in [0.29, 0.717) is 34.6 Å². The van der Waals surface area contributed by atoms with Crippen LogP contribution in [0.5, 0.6) is 11.5 Å². The Morgan fingerprint density at radius 2 is 2.08 bits per heavy atom. The van der Waals surface area contributed by atoms with Crippen LogP contribution in [-0.4, -0.2) is 38.8 Å². The molecule has 0 spiro atoms. The molecule has 1 heterocycles. The van der Waals surface area contributed by atoms with Crippen LogP contribution < -0.4 is 20.1 Å². The Labute approximate surface area is 149 Å². The van der Waals surface area contributed by atoms with Crippen molar-refractivity contribution in [3.8, 4) is 11.5 Å². The maximum atomic E-state index is 12.5. The molecule has 5 nitrogen and oxygen atoms in total. The number of hydrogen-bond acceptors (Lipinski definition) is 4. The van der Waals surface area contributed by atoms with Gasteiger partial charge in [0.1, 0.15) is 0 Å². The van der Waals surface area contributed by atoms with Gasteiger partial charge in [-0.15, -0.1) is 0 Å². The van der Waals surface area contributed by atoms with E-state index in [0.717, 1.165) is 32.4 Å². The van der Waals surface area contributed by atoms with Gasteiger partial charge in [0.05, 0.1) is 18.7 Å². The molecule has 2 rings (SSSR count). The van der Waals surface area contributed by atoms with Gasteiger partial charge in [-0.1, -0.05) is 25.4 Å². The summed E-state index contributed by atoms with van der Waals surface area (Å²) in [5.41, 5.74) is 0.492. The molecule has 1 amide bonds. The Hall–Kier alpha value is -1.46. The lowest BCUT2D eigenvalue weighted by Crippen LogP contribution is -2.42. The zero-order valence-electron chi connectivity index (χ0n) is 14.7. The topological polar surface area (TPSA) is 59.6 Å². The number of benzene rings is 1. The Morgan fingerprint density at radius 1 is 1.38 bits per heavy atom. The van der Waals surface area contributed by atoms with Gasteiger partial charge in [-0.05, 0) is 50.4 Å². The number of rotatable bonds is 7. The first-order valence-corrected chi connectivity index (χ1v) is 8.91. The summed E-state index contributed by atoms with van der Waals surface area (Å²) >= 11 is 6.32. The smallest absolute Gasteiger partial charge is 0.251 e. The minimum Gasteiger partial charge on any atom is -0.493 e. The summed E-state index contributed by atoms with van der Waals surface area (Å²) in [6.45, 7) is 6.69. The highest BCUT2D eigenvalue weighted by Crippen LogP contribution is 2.36. The van der Waals surface area contributed by atoms with Crippen molar-refractivity contribution >= 4 is 17.5 Å². The molecule has 0 atom stereocenters. The molecule has 0 unspecified atom stereocenters. The van der Waals surface area contributed by atoms with E-state index in [-0.39, 0.29) is 11.9 Å². The van der Waals surface area contributed by atoms with Crippen molar-refractivity contribution in [3.05, 3.63) is 22.7 Å². The number of carbonyl (C=O) groups excluding carboxylic acids is 1. The average molecular weight is 355 g/mol. The van der Waals surface area contributed by atoms with Crippen molar-refractivity contribution in [1.82, 2.24) is 10.6 Å². The third kappa shape index (κ3) is 5.28. The fourth-order valence-electron chi connectivity index (χ4n) is 2.62. The van der Waals surface area contributed by atoms with Gasteiger partial charge in [-0.3, -0.25) is 4.79 Å². The van der Waals surface area contributed by atoms with E-state index in [1.54, 1.807) is 19.2 Å². The van der Waals surface area contributed by atoms with Crippen LogP contribution in [0.15, 0.2) is 12.1 Å². The van der Waals surface area contributed by atoms with Gasteiger partial charge in [0.15, 0.2) is 11.5 Å². The molecule has 0 saturated carbocycles. The van der Waals surface area contributed by atoms with Crippen molar-refractivity contribution in [2.24, 2.45) is 5.92 Å². The highest BCUT2D eigenvalue weighted by atomic mass is 35.5. The molecule has 6 heteroatoms. The molecule has 0 bridgehead atoms. The standard InChI is InChI=1S/C18H27ClN2O3/c1-12(2)6-9-24-17-15(19)10-13(11-16(17)23-3)18(22)21-14-4-7-20-8-5-14/h10-12,14,20H,4-9H2,1-3H3,(H,21,22). The largest absolute Gasteiger partial charge is 0.493 e. The van der Waals surface area contributed by atoms with Crippen LogP contribution in [0.2, 0.25) is 5.02 Å². The van der Waals surface area contributed by atoms with E-state index >= 15 is 0 Å². The van der Waals surface area contributed by atoms with Crippen LogP contribution in [0.25, 0.3) is 0 Å². The lowest BCUT2D eigenvalue weighted by atomic mass is 10.1. The predicted molar refractivity (Wildman–Crippen MR) is 96.3 cm³/mol. The highest BCUT2D eigenvalue weighted by Gasteiger charge is 2.19. The second-order valence-electron chi connectivity index (χ2n) is 6.52. The van der Waals surface area contributed by atoms with Gasteiger partial charge in [0, 0.05) is 11.6 Å². The third-order valence-electron chi connectivity index (χ3n) is 4.11. The maximum Gasteiger partial charge on any atom is 0.251 e. The quantitative estimate of drug-likeness (QED) is 0.789. The number of amides is 1. The molecular formula is C18H27ClN2O3. The third-order valence-corrected chi connectivity index (χ3v) is 4.39. The molecule has 24 heavy (non-hydrogen) atoms. The molecule has 134 valence electrons. The molecule has 0 aromatic heterocycles. The molecular weight excluding hydrogens is 328 g/mol. The summed E-state index contributed by atoms with van der Waals surface area (Å²) in [6, 6.07) is 3.53. The second-order valence-corrected chi connectivity index (χ2v) is 6.93. The average Bonchev–Trinajstić information content (AvgIpc) is 2.56. The van der Waals surface area contributed by atoms with Crippen molar-refractivity contribution in [3.63, 3.8) is 0 Å². The monoisotopic (exact) mass is 354 g/mol. The first-order valence-electron chi connectivity index (χ1n) is 8.53. The minimum absolute atomic E-state index is 0.129. The van der Waals surface area contributed by atoms with Gasteiger partial charge in [0.2, 0.25) is 0 Å². The molecule has 2 N–H and O–H groups in total. The Kier molecular flexibility index (Phi) is 7.18. The molecule has 1 aromatic carbocycles. The van der Waals surface area contributed by atoms with E-state index < -0.39 is 0 Å². The van der Waals surface area contributed by atoms with Gasteiger partial charge in [0.25, 0.3) is 5.91 Å². The van der Waals surface area contributed by atoms with Crippen molar-refractivity contribution in [2.75, 3.05) is 26.8 Å². The van der Waals surface area contributed by atoms with Crippen molar-refractivity contribution < 1.29 is 14.3 Å². The Balaban J connectivity index is 2.07. The summed E-state index contributed by atoms with van der Waals surface area (Å²) in [5, 5.41) is 6.74. The van der Waals surface area contributed by atoms with Crippen molar-refractivity contribution in [2.45, 2.75) is 39.2 Å². The van der Waals surface area contributed by atoms with E-state index in [1.165, 1.54) is 0 Å². The minimum atomic E-state index is -0.129. The maximum absolute atomic E-state index is 12.5. The zero-order valence-corrected chi connectivity index (χ0v) is 15.4. The van der Waals surface area contributed by atoms with Crippen LogP contribution in [-0.2, 0) is 0 Å². The number of hydrogen-bond donors (Lipinski definition) is 2. The first kappa shape index (κ1) is 18.9. The predicted octanol–water partition coefficient (Wildman–Crippen LogP) is 3.26. The summed E-state index contributed by atoms with van der Waals surface area (Å²) < 4.78 is 11.1. The van der Waals surface area contributed by atoms with E-state index in [2.05, 4.69) is 24.5 Å². The van der Waals surface area contributed by atoms with Crippen molar-refractivity contribution in [1.29, 1.82) is 0 Å². The number of carbonyl (C=O) groups is 1. The van der Waals surface area contributed by atoms with E-state index in [9.17, 15) is 4.79 Å². The van der Waals surface area contributed by atoms with Crippen LogP contribution in [0.3, 0.4) is 0 Å². The summed E-state index contributed by atoms with van der Waals surface area (Å²) in [4.78, 5) is 12.5. The number of piperidine rings is 1. The molecule has 1 aliphatic heterocycles. The lowest BCUT2D eigenvalue weighted by molar-refractivity contribution is 0.0929. The van der Waals surface area contributed by atoms with Crippen LogP contribution in [0, 0.1) is 5.92 Å². The molecule has 1 aromatic rings. The Bertz CT molecular complexity index is 557. The number of ether oxygens (including phenoxy) is 2. The molecule has 1 aliphatic rings. The SMILES string of the molecule is COc1cc(C(=O)NC2CCNCC2)cc(Cl)c1OCCC(C)C. The highest BCUT2D eigenvalue weighted by molar-refractivity contribution is 6.32. The van der Waals surface area contributed by atoms with Gasteiger partial charge < -0.3 is 20.1 Å². The normalized spacial score (nSPS) is 15.4. The van der Waals surface area contributed by atoms with Gasteiger partial charge >= 0.3 is 0 Å². The molecule has 1 fully saturated rings. The molecule has 0 radical (unpaired) electrons. The molecule has 1 saturated heterocycles. The summed E-state index contributed by atoms with van der Waals surface area (Å²) in [6.07, 6.45) is 2.80. The summed E-state index contributed by atoms with van der Waals surface area (Å²) in [7, 11) is 1.55. The van der Waals surface area contributed by atoms with Crippen LogP contribution >= 0.6 is 11.6 Å². The Morgan fingerprint density at radius 3 is 2.71 bits per heavy atom. The fourth-order valence-corrected chi connectivity index (χ4v) is 2.89. The van der Waals surface area contributed by atoms with Gasteiger partial charge in [-0.2, -0.15) is 0 Å². The second kappa shape index (κ2) is 9.14. The number of methoxy groups -OCH3 is 1. The number of nitrogens with one attached hydrogen (secondary N) is 2.